The fraction of sp³-hybridized carbons (Fsp3) is 0.571. The molecule has 23 heavy (non-hydrogen) atoms. The van der Waals surface area contributed by atoms with Gasteiger partial charge in [0.15, 0.2) is 0 Å². The summed E-state index contributed by atoms with van der Waals surface area (Å²) in [6, 6.07) is 3.62. The van der Waals surface area contributed by atoms with Gasteiger partial charge < -0.3 is 5.11 Å². The molecule has 0 saturated heterocycles. The third-order valence-electron chi connectivity index (χ3n) is 3.83. The van der Waals surface area contributed by atoms with Gasteiger partial charge in [0.25, 0.3) is 0 Å². The van der Waals surface area contributed by atoms with Gasteiger partial charge in [0, 0.05) is 11.5 Å². The van der Waals surface area contributed by atoms with E-state index in [9.17, 15) is 9.90 Å². The maximum absolute atomic E-state index is 12.4. The average molecular weight is 314 g/mol. The predicted octanol–water partition coefficient (Wildman–Crippen LogP) is 5.02. The van der Waals surface area contributed by atoms with Crippen LogP contribution in [0.1, 0.15) is 69.4 Å². The van der Waals surface area contributed by atoms with Crippen LogP contribution in [0, 0.1) is 29.6 Å². The molecule has 2 heteroatoms. The zero-order valence-electron chi connectivity index (χ0n) is 15.4. The lowest BCUT2D eigenvalue weighted by Crippen LogP contribution is -2.05. The summed E-state index contributed by atoms with van der Waals surface area (Å²) in [6.45, 7) is 12.5. The van der Waals surface area contributed by atoms with Crippen molar-refractivity contribution in [2.75, 3.05) is 0 Å². The van der Waals surface area contributed by atoms with E-state index in [4.69, 9.17) is 0 Å². The van der Waals surface area contributed by atoms with Crippen LogP contribution >= 0.6 is 0 Å². The Kier molecular flexibility index (Phi) is 7.36. The Morgan fingerprint density at radius 2 is 1.52 bits per heavy atom. The first-order chi connectivity index (χ1) is 10.7. The maximum Gasteiger partial charge on any atom is 0.235 e. The molecule has 0 unspecified atom stereocenters. The number of hydrogen-bond donors (Lipinski definition) is 1. The van der Waals surface area contributed by atoms with Crippen molar-refractivity contribution < 1.29 is 9.90 Å². The first-order valence-corrected chi connectivity index (χ1v) is 8.65. The van der Waals surface area contributed by atoms with Gasteiger partial charge in [-0.3, -0.25) is 4.79 Å². The van der Waals surface area contributed by atoms with E-state index in [0.29, 0.717) is 23.1 Å². The standard InChI is InChI=1S/C21H30O2/c1-7-16(6)8-9-20(22)17-12-18(10-14(2)3)21(23)19(13-17)11-15(4)5/h12-16,23H,7,10-11H2,1-6H3/t16-/m1/s1. The zero-order chi connectivity index (χ0) is 17.6. The van der Waals surface area contributed by atoms with Gasteiger partial charge in [0.05, 0.1) is 0 Å². The Labute approximate surface area is 141 Å². The molecule has 0 amide bonds. The normalized spacial score (nSPS) is 12.2. The minimum Gasteiger partial charge on any atom is -0.507 e. The quantitative estimate of drug-likeness (QED) is 0.455. The van der Waals surface area contributed by atoms with Crippen LogP contribution in [0.25, 0.3) is 0 Å². The van der Waals surface area contributed by atoms with Crippen LogP contribution < -0.4 is 0 Å². The molecule has 1 rings (SSSR count). The van der Waals surface area contributed by atoms with Crippen molar-refractivity contribution in [1.29, 1.82) is 0 Å². The molecule has 126 valence electrons. The number of hydrogen-bond acceptors (Lipinski definition) is 2. The van der Waals surface area contributed by atoms with E-state index < -0.39 is 0 Å². The maximum atomic E-state index is 12.4. The van der Waals surface area contributed by atoms with Gasteiger partial charge in [-0.15, -0.1) is 0 Å². The number of rotatable bonds is 6. The molecule has 0 fully saturated rings. The fourth-order valence-corrected chi connectivity index (χ4v) is 2.44. The molecule has 0 aromatic heterocycles. The summed E-state index contributed by atoms with van der Waals surface area (Å²) in [5, 5.41) is 10.5. The number of carbonyl (C=O) groups is 1. The third-order valence-corrected chi connectivity index (χ3v) is 3.83. The molecule has 0 saturated carbocycles. The van der Waals surface area contributed by atoms with E-state index in [1.54, 1.807) is 0 Å². The summed E-state index contributed by atoms with van der Waals surface area (Å²) in [5.41, 5.74) is 2.31. The highest BCUT2D eigenvalue weighted by atomic mass is 16.3. The SMILES string of the molecule is CC[C@@H](C)C#CC(=O)c1cc(CC(C)C)c(O)c(CC(C)C)c1. The minimum absolute atomic E-state index is 0.152. The fourth-order valence-electron chi connectivity index (χ4n) is 2.44. The number of phenols is 1. The zero-order valence-corrected chi connectivity index (χ0v) is 15.4. The number of Topliss-reactive ketones (excluding diaryl/α,β-unsaturated/α-hetero) is 1. The van der Waals surface area contributed by atoms with Gasteiger partial charge in [-0.1, -0.05) is 47.5 Å². The van der Waals surface area contributed by atoms with Crippen LogP contribution in [0.4, 0.5) is 0 Å². The molecule has 1 atom stereocenters. The Morgan fingerprint density at radius 3 is 1.91 bits per heavy atom. The van der Waals surface area contributed by atoms with Crippen molar-refractivity contribution in [1.82, 2.24) is 0 Å². The lowest BCUT2D eigenvalue weighted by Gasteiger charge is -2.15. The summed E-state index contributed by atoms with van der Waals surface area (Å²) in [5.74, 6) is 7.02. The van der Waals surface area contributed by atoms with Crippen LogP contribution in [-0.2, 0) is 12.8 Å². The summed E-state index contributed by atoms with van der Waals surface area (Å²) < 4.78 is 0. The van der Waals surface area contributed by atoms with Crippen LogP contribution in [0.5, 0.6) is 5.75 Å². The first kappa shape index (κ1) is 19.3. The van der Waals surface area contributed by atoms with Crippen molar-refractivity contribution in [2.45, 2.75) is 60.8 Å². The molecule has 0 radical (unpaired) electrons. The largest absolute Gasteiger partial charge is 0.507 e. The van der Waals surface area contributed by atoms with Gasteiger partial charge in [-0.2, -0.15) is 0 Å². The first-order valence-electron chi connectivity index (χ1n) is 8.65. The molecule has 2 nitrogen and oxygen atoms in total. The lowest BCUT2D eigenvalue weighted by molar-refractivity contribution is 0.105. The Hall–Kier alpha value is -1.75. The second-order valence-electron chi connectivity index (χ2n) is 7.25. The number of ketones is 1. The molecular formula is C21H30O2. The van der Waals surface area contributed by atoms with Crippen molar-refractivity contribution in [3.05, 3.63) is 28.8 Å². The Morgan fingerprint density at radius 1 is 1.04 bits per heavy atom. The summed E-state index contributed by atoms with van der Waals surface area (Å²) in [4.78, 5) is 12.4. The molecule has 1 aromatic rings. The van der Waals surface area contributed by atoms with E-state index in [1.165, 1.54) is 0 Å². The smallest absolute Gasteiger partial charge is 0.235 e. The number of aromatic hydroxyl groups is 1. The van der Waals surface area contributed by atoms with Crippen LogP contribution in [-0.4, -0.2) is 10.9 Å². The van der Waals surface area contributed by atoms with Gasteiger partial charge in [0.1, 0.15) is 5.75 Å². The van der Waals surface area contributed by atoms with Gasteiger partial charge >= 0.3 is 0 Å². The predicted molar refractivity (Wildman–Crippen MR) is 96.8 cm³/mol. The molecule has 1 N–H and O–H groups in total. The lowest BCUT2D eigenvalue weighted by atomic mass is 9.92. The summed E-state index contributed by atoms with van der Waals surface area (Å²) in [7, 11) is 0. The van der Waals surface area contributed by atoms with E-state index >= 15 is 0 Å². The third kappa shape index (κ3) is 6.10. The van der Waals surface area contributed by atoms with Crippen molar-refractivity contribution >= 4 is 5.78 Å². The molecule has 0 aliphatic heterocycles. The highest BCUT2D eigenvalue weighted by Crippen LogP contribution is 2.29. The van der Waals surface area contributed by atoms with Gasteiger partial charge in [-0.25, -0.2) is 0 Å². The van der Waals surface area contributed by atoms with E-state index in [0.717, 1.165) is 30.4 Å². The number of carbonyl (C=O) groups excluding carboxylic acids is 1. The highest BCUT2D eigenvalue weighted by Gasteiger charge is 2.15. The molecule has 1 aromatic carbocycles. The van der Waals surface area contributed by atoms with E-state index in [1.807, 2.05) is 19.1 Å². The Bertz CT molecular complexity index is 569. The average Bonchev–Trinajstić information content (AvgIpc) is 2.47. The van der Waals surface area contributed by atoms with E-state index in [2.05, 4.69) is 46.5 Å². The molecule has 0 spiro atoms. The summed E-state index contributed by atoms with van der Waals surface area (Å²) in [6.07, 6.45) is 2.46. The van der Waals surface area contributed by atoms with Gasteiger partial charge in [-0.05, 0) is 60.3 Å². The topological polar surface area (TPSA) is 37.3 Å². The van der Waals surface area contributed by atoms with E-state index in [-0.39, 0.29) is 11.7 Å². The van der Waals surface area contributed by atoms with Crippen LogP contribution in [0.2, 0.25) is 0 Å². The second kappa shape index (κ2) is 8.77. The number of phenolic OH excluding ortho intramolecular Hbond substituents is 1. The molecule has 0 aliphatic carbocycles. The van der Waals surface area contributed by atoms with Crippen molar-refractivity contribution in [2.24, 2.45) is 17.8 Å². The van der Waals surface area contributed by atoms with Gasteiger partial charge in [0.2, 0.25) is 5.78 Å². The molecule has 0 bridgehead atoms. The number of benzene rings is 1. The highest BCUT2D eigenvalue weighted by molar-refractivity contribution is 6.09. The summed E-state index contributed by atoms with van der Waals surface area (Å²) >= 11 is 0. The molecule has 0 heterocycles. The van der Waals surface area contributed by atoms with Crippen LogP contribution in [0.3, 0.4) is 0 Å². The molecule has 0 aliphatic rings. The Balaban J connectivity index is 3.24. The molecular weight excluding hydrogens is 284 g/mol. The second-order valence-corrected chi connectivity index (χ2v) is 7.25. The van der Waals surface area contributed by atoms with Crippen molar-refractivity contribution in [3.63, 3.8) is 0 Å². The van der Waals surface area contributed by atoms with Crippen molar-refractivity contribution in [3.8, 4) is 17.6 Å². The minimum atomic E-state index is -0.152. The van der Waals surface area contributed by atoms with Crippen LogP contribution in [0.15, 0.2) is 12.1 Å². The monoisotopic (exact) mass is 314 g/mol.